The topological polar surface area (TPSA) is 82.5 Å². The molecule has 2 heterocycles. The van der Waals surface area contributed by atoms with Gasteiger partial charge in [-0.05, 0) is 34.7 Å². The van der Waals surface area contributed by atoms with Crippen LogP contribution in [0.1, 0.15) is 23.4 Å². The highest BCUT2D eigenvalue weighted by Gasteiger charge is 2.34. The maximum atomic E-state index is 12.2. The molecule has 0 fully saturated rings. The van der Waals surface area contributed by atoms with Crippen LogP contribution in [0, 0.1) is 17.2 Å². The van der Waals surface area contributed by atoms with Gasteiger partial charge in [-0.3, -0.25) is 9.69 Å². The Balaban J connectivity index is 1.96. The standard InChI is InChI=1S/C17H16N4OS/c1-10-15(20-17(19)21(2)16(10)22)14-7-13(9-23-14)12-5-3-4-11(6-12)8-18/h3-7,9-10,15H,1-2H3,(H2,19,20)/t10-,15+/m1/s1. The lowest BCUT2D eigenvalue weighted by Crippen LogP contribution is -2.46. The highest BCUT2D eigenvalue weighted by Crippen LogP contribution is 2.37. The summed E-state index contributed by atoms with van der Waals surface area (Å²) in [7, 11) is 1.64. The lowest BCUT2D eigenvalue weighted by molar-refractivity contribution is -0.131. The molecule has 0 radical (unpaired) electrons. The molecule has 0 aliphatic carbocycles. The smallest absolute Gasteiger partial charge is 0.234 e. The Morgan fingerprint density at radius 1 is 1.35 bits per heavy atom. The molecule has 1 aromatic heterocycles. The largest absolute Gasteiger partial charge is 0.369 e. The Kier molecular flexibility index (Phi) is 3.89. The summed E-state index contributed by atoms with van der Waals surface area (Å²) in [6.45, 7) is 1.87. The summed E-state index contributed by atoms with van der Waals surface area (Å²) in [6, 6.07) is 11.4. The number of carbonyl (C=O) groups excluding carboxylic acids is 1. The fraction of sp³-hybridized carbons (Fsp3) is 0.235. The van der Waals surface area contributed by atoms with Crippen LogP contribution >= 0.6 is 11.3 Å². The average molecular weight is 324 g/mol. The molecule has 2 atom stereocenters. The van der Waals surface area contributed by atoms with Crippen LogP contribution in [0.5, 0.6) is 0 Å². The molecule has 6 heteroatoms. The molecule has 0 saturated carbocycles. The van der Waals surface area contributed by atoms with E-state index in [2.05, 4.69) is 11.1 Å². The van der Waals surface area contributed by atoms with Gasteiger partial charge in [-0.15, -0.1) is 11.3 Å². The number of hydrogen-bond donors (Lipinski definition) is 1. The lowest BCUT2D eigenvalue weighted by atomic mass is 9.97. The zero-order chi connectivity index (χ0) is 16.6. The minimum atomic E-state index is -0.253. The van der Waals surface area contributed by atoms with Gasteiger partial charge in [-0.25, -0.2) is 4.99 Å². The van der Waals surface area contributed by atoms with Crippen molar-refractivity contribution in [3.63, 3.8) is 0 Å². The van der Waals surface area contributed by atoms with E-state index >= 15 is 0 Å². The third kappa shape index (κ3) is 2.71. The second-order valence-electron chi connectivity index (χ2n) is 5.55. The molecule has 0 spiro atoms. The molecule has 2 N–H and O–H groups in total. The first-order valence-corrected chi connectivity index (χ1v) is 8.09. The Bertz CT molecular complexity index is 833. The quantitative estimate of drug-likeness (QED) is 0.922. The number of carbonyl (C=O) groups is 1. The highest BCUT2D eigenvalue weighted by molar-refractivity contribution is 7.10. The molecule has 2 aromatic rings. The highest BCUT2D eigenvalue weighted by atomic mass is 32.1. The van der Waals surface area contributed by atoms with Gasteiger partial charge >= 0.3 is 0 Å². The van der Waals surface area contributed by atoms with Crippen molar-refractivity contribution < 1.29 is 4.79 Å². The van der Waals surface area contributed by atoms with Gasteiger partial charge in [-0.2, -0.15) is 5.26 Å². The Labute approximate surface area is 138 Å². The van der Waals surface area contributed by atoms with Crippen molar-refractivity contribution >= 4 is 23.2 Å². The molecule has 5 nitrogen and oxygen atoms in total. The number of hydrogen-bond acceptors (Lipinski definition) is 5. The molecule has 1 aliphatic heterocycles. The summed E-state index contributed by atoms with van der Waals surface area (Å²) in [5.74, 6) is -0.0206. The second-order valence-corrected chi connectivity index (χ2v) is 6.49. The van der Waals surface area contributed by atoms with Gasteiger partial charge in [0.2, 0.25) is 5.91 Å². The predicted molar refractivity (Wildman–Crippen MR) is 90.8 cm³/mol. The third-order valence-electron chi connectivity index (χ3n) is 4.04. The molecule has 1 amide bonds. The number of nitrogens with two attached hydrogens (primary N) is 1. The van der Waals surface area contributed by atoms with Crippen molar-refractivity contribution in [1.82, 2.24) is 4.90 Å². The number of thiophene rings is 1. The summed E-state index contributed by atoms with van der Waals surface area (Å²) >= 11 is 1.56. The van der Waals surface area contributed by atoms with Crippen molar-refractivity contribution in [3.05, 3.63) is 46.2 Å². The maximum Gasteiger partial charge on any atom is 0.234 e. The van der Waals surface area contributed by atoms with Crippen molar-refractivity contribution in [2.75, 3.05) is 7.05 Å². The van der Waals surface area contributed by atoms with Crippen LogP contribution in [0.15, 0.2) is 40.7 Å². The van der Waals surface area contributed by atoms with E-state index in [0.29, 0.717) is 5.56 Å². The Hall–Kier alpha value is -2.65. The first-order valence-electron chi connectivity index (χ1n) is 7.21. The minimum Gasteiger partial charge on any atom is -0.369 e. The normalized spacial score (nSPS) is 21.0. The van der Waals surface area contributed by atoms with Gasteiger partial charge in [0.25, 0.3) is 0 Å². The number of amides is 1. The van der Waals surface area contributed by atoms with Crippen LogP contribution < -0.4 is 5.73 Å². The summed E-state index contributed by atoms with van der Waals surface area (Å²) in [5.41, 5.74) is 8.47. The number of nitriles is 1. The van der Waals surface area contributed by atoms with Gasteiger partial charge < -0.3 is 5.73 Å². The van der Waals surface area contributed by atoms with E-state index in [4.69, 9.17) is 11.0 Å². The summed E-state index contributed by atoms with van der Waals surface area (Å²) in [4.78, 5) is 19.1. The molecule has 1 aliphatic rings. The van der Waals surface area contributed by atoms with Crippen LogP contribution in [0.2, 0.25) is 0 Å². The first kappa shape index (κ1) is 15.3. The summed E-state index contributed by atoms with van der Waals surface area (Å²) in [5, 5.41) is 11.0. The van der Waals surface area contributed by atoms with Crippen molar-refractivity contribution in [1.29, 1.82) is 5.26 Å². The minimum absolute atomic E-state index is 0.0241. The van der Waals surface area contributed by atoms with Crippen LogP contribution in [0.4, 0.5) is 0 Å². The van der Waals surface area contributed by atoms with Crippen LogP contribution in [-0.4, -0.2) is 23.8 Å². The van der Waals surface area contributed by atoms with E-state index in [-0.39, 0.29) is 23.8 Å². The van der Waals surface area contributed by atoms with Gasteiger partial charge in [-0.1, -0.05) is 19.1 Å². The zero-order valence-corrected chi connectivity index (χ0v) is 13.7. The van der Waals surface area contributed by atoms with Gasteiger partial charge in [0.1, 0.15) is 0 Å². The van der Waals surface area contributed by atoms with Crippen molar-refractivity contribution in [3.8, 4) is 17.2 Å². The molecule has 3 rings (SSSR count). The van der Waals surface area contributed by atoms with E-state index < -0.39 is 0 Å². The van der Waals surface area contributed by atoms with E-state index in [1.807, 2.05) is 36.6 Å². The molecule has 0 unspecified atom stereocenters. The number of nitrogens with zero attached hydrogens (tertiary/aromatic N) is 3. The van der Waals surface area contributed by atoms with Gasteiger partial charge in [0.15, 0.2) is 5.96 Å². The lowest BCUT2D eigenvalue weighted by Gasteiger charge is -2.30. The summed E-state index contributed by atoms with van der Waals surface area (Å²) in [6.07, 6.45) is 0. The maximum absolute atomic E-state index is 12.2. The van der Waals surface area contributed by atoms with Crippen molar-refractivity contribution in [2.24, 2.45) is 16.6 Å². The van der Waals surface area contributed by atoms with Gasteiger partial charge in [0, 0.05) is 11.9 Å². The van der Waals surface area contributed by atoms with E-state index in [9.17, 15) is 4.79 Å². The Morgan fingerprint density at radius 2 is 2.13 bits per heavy atom. The van der Waals surface area contributed by atoms with Crippen LogP contribution in [-0.2, 0) is 4.79 Å². The molecule has 116 valence electrons. The Morgan fingerprint density at radius 3 is 2.87 bits per heavy atom. The van der Waals surface area contributed by atoms with Gasteiger partial charge in [0.05, 0.1) is 23.6 Å². The number of rotatable bonds is 2. The third-order valence-corrected chi connectivity index (χ3v) is 5.05. The zero-order valence-electron chi connectivity index (χ0n) is 12.9. The number of aliphatic imine (C=N–C) groups is 1. The molecule has 0 bridgehead atoms. The SMILES string of the molecule is C[C@H]1C(=O)N(C)C(N)=N[C@@H]1c1cc(-c2cccc(C#N)c2)cs1. The molecule has 0 saturated heterocycles. The van der Waals surface area contributed by atoms with Crippen LogP contribution in [0.25, 0.3) is 11.1 Å². The van der Waals surface area contributed by atoms with E-state index in [1.165, 1.54) is 4.90 Å². The molecular formula is C17H16N4OS. The van der Waals surface area contributed by atoms with Crippen molar-refractivity contribution in [2.45, 2.75) is 13.0 Å². The first-order chi connectivity index (χ1) is 11.0. The van der Waals surface area contributed by atoms with E-state index in [0.717, 1.165) is 16.0 Å². The summed E-state index contributed by atoms with van der Waals surface area (Å²) < 4.78 is 0. The predicted octanol–water partition coefficient (Wildman–Crippen LogP) is 2.75. The molecule has 23 heavy (non-hydrogen) atoms. The fourth-order valence-corrected chi connectivity index (χ4v) is 3.69. The van der Waals surface area contributed by atoms with Crippen LogP contribution in [0.3, 0.4) is 0 Å². The fourth-order valence-electron chi connectivity index (χ4n) is 2.63. The average Bonchev–Trinajstić information content (AvgIpc) is 3.06. The second kappa shape index (κ2) is 5.86. The number of guanidine groups is 1. The number of benzene rings is 1. The molecular weight excluding hydrogens is 308 g/mol. The monoisotopic (exact) mass is 324 g/mol. The van der Waals surface area contributed by atoms with E-state index in [1.54, 1.807) is 24.5 Å². The molecule has 1 aromatic carbocycles.